The molecular formula is C6H7N3O. The number of nitrogens with zero attached hydrogens (tertiary/aromatic N) is 2. The molecule has 0 aliphatic carbocycles. The minimum absolute atomic E-state index is 0.446. The van der Waals surface area contributed by atoms with Crippen LogP contribution < -0.4 is 4.74 Å². The van der Waals surface area contributed by atoms with Crippen molar-refractivity contribution in [1.82, 2.24) is 10.2 Å². The predicted molar refractivity (Wildman–Crippen MR) is 34.5 cm³/mol. The summed E-state index contributed by atoms with van der Waals surface area (Å²) in [5.74, 6) is 0.449. The molecule has 0 saturated carbocycles. The molecular weight excluding hydrogens is 130 g/mol. The first-order valence-electron chi connectivity index (χ1n) is 2.94. The Balaban J connectivity index is 2.82. The fourth-order valence-electron chi connectivity index (χ4n) is 0.608. The Morgan fingerprint density at radius 1 is 1.90 bits per heavy atom. The summed E-state index contributed by atoms with van der Waals surface area (Å²) in [5, 5.41) is 14.6. The van der Waals surface area contributed by atoms with E-state index in [1.807, 2.05) is 13.0 Å². The second kappa shape index (κ2) is 2.87. The Hall–Kier alpha value is -1.50. The van der Waals surface area contributed by atoms with Gasteiger partial charge in [-0.2, -0.15) is 10.4 Å². The van der Waals surface area contributed by atoms with Crippen molar-refractivity contribution in [2.24, 2.45) is 0 Å². The lowest BCUT2D eigenvalue weighted by atomic mass is 10.4. The lowest BCUT2D eigenvalue weighted by molar-refractivity contribution is 0.325. The summed E-state index contributed by atoms with van der Waals surface area (Å²) < 4.78 is 5.03. The highest BCUT2D eigenvalue weighted by molar-refractivity contribution is 5.34. The molecule has 0 spiro atoms. The number of nitrogens with one attached hydrogen (secondary N) is 1. The molecule has 0 radical (unpaired) electrons. The largest absolute Gasteiger partial charge is 0.477 e. The van der Waals surface area contributed by atoms with Crippen molar-refractivity contribution in [2.75, 3.05) is 6.61 Å². The molecule has 1 heterocycles. The quantitative estimate of drug-likeness (QED) is 0.652. The van der Waals surface area contributed by atoms with E-state index in [0.717, 1.165) is 0 Å². The molecule has 0 bridgehead atoms. The van der Waals surface area contributed by atoms with Crippen LogP contribution in [0.4, 0.5) is 0 Å². The summed E-state index contributed by atoms with van der Waals surface area (Å²) in [6.07, 6.45) is 1.44. The van der Waals surface area contributed by atoms with E-state index < -0.39 is 0 Å². The first kappa shape index (κ1) is 6.62. The van der Waals surface area contributed by atoms with Gasteiger partial charge in [-0.15, -0.1) is 0 Å². The number of H-pyrrole nitrogens is 1. The van der Waals surface area contributed by atoms with Gasteiger partial charge in [0.2, 0.25) is 5.88 Å². The Bertz CT molecular complexity index is 248. The third-order valence-corrected chi connectivity index (χ3v) is 1.01. The molecule has 52 valence electrons. The third-order valence-electron chi connectivity index (χ3n) is 1.01. The molecule has 0 aromatic carbocycles. The molecule has 0 aliphatic rings. The minimum Gasteiger partial charge on any atom is -0.477 e. The monoisotopic (exact) mass is 137 g/mol. The van der Waals surface area contributed by atoms with Crippen molar-refractivity contribution in [3.05, 3.63) is 11.8 Å². The van der Waals surface area contributed by atoms with E-state index in [4.69, 9.17) is 10.00 Å². The zero-order chi connectivity index (χ0) is 7.40. The molecule has 1 aromatic heterocycles. The number of aromatic amines is 1. The fraction of sp³-hybridized carbons (Fsp3) is 0.333. The van der Waals surface area contributed by atoms with Gasteiger partial charge in [0.05, 0.1) is 12.8 Å². The lowest BCUT2D eigenvalue weighted by Gasteiger charge is -1.95. The van der Waals surface area contributed by atoms with Crippen LogP contribution in [0.5, 0.6) is 5.88 Å². The van der Waals surface area contributed by atoms with Crippen LogP contribution in [0.1, 0.15) is 12.5 Å². The number of hydrogen-bond acceptors (Lipinski definition) is 3. The van der Waals surface area contributed by atoms with Crippen LogP contribution >= 0.6 is 0 Å². The van der Waals surface area contributed by atoms with Gasteiger partial charge in [-0.1, -0.05) is 0 Å². The van der Waals surface area contributed by atoms with E-state index in [0.29, 0.717) is 18.1 Å². The summed E-state index contributed by atoms with van der Waals surface area (Å²) in [5.41, 5.74) is 0.446. The normalized spacial score (nSPS) is 8.80. The van der Waals surface area contributed by atoms with Crippen LogP contribution in [-0.2, 0) is 0 Å². The second-order valence-electron chi connectivity index (χ2n) is 1.66. The molecule has 4 heteroatoms. The Morgan fingerprint density at radius 3 is 3.30 bits per heavy atom. The van der Waals surface area contributed by atoms with Crippen LogP contribution in [0.2, 0.25) is 0 Å². The van der Waals surface area contributed by atoms with Gasteiger partial charge in [0.25, 0.3) is 0 Å². The van der Waals surface area contributed by atoms with Gasteiger partial charge in [-0.25, -0.2) is 5.10 Å². The molecule has 4 nitrogen and oxygen atoms in total. The highest BCUT2D eigenvalue weighted by Crippen LogP contribution is 2.10. The number of ether oxygens (including phenoxy) is 1. The van der Waals surface area contributed by atoms with E-state index in [2.05, 4.69) is 10.2 Å². The molecule has 0 fully saturated rings. The molecule has 0 saturated heterocycles. The van der Waals surface area contributed by atoms with Crippen molar-refractivity contribution >= 4 is 0 Å². The minimum atomic E-state index is 0.446. The molecule has 0 aliphatic heterocycles. The van der Waals surface area contributed by atoms with Crippen molar-refractivity contribution in [3.63, 3.8) is 0 Å². The molecule has 10 heavy (non-hydrogen) atoms. The third kappa shape index (κ3) is 1.08. The maximum atomic E-state index is 8.44. The summed E-state index contributed by atoms with van der Waals surface area (Å²) in [6.45, 7) is 2.39. The van der Waals surface area contributed by atoms with Crippen LogP contribution in [-0.4, -0.2) is 16.8 Å². The van der Waals surface area contributed by atoms with Crippen molar-refractivity contribution in [1.29, 1.82) is 5.26 Å². The van der Waals surface area contributed by atoms with E-state index in [1.54, 1.807) is 0 Å². The van der Waals surface area contributed by atoms with Crippen LogP contribution in [0.25, 0.3) is 0 Å². The number of aromatic nitrogens is 2. The average molecular weight is 137 g/mol. The standard InChI is InChI=1S/C6H7N3O/c1-2-10-6-5(3-7)4-8-9-6/h4H,2H2,1H3,(H,8,9). The zero-order valence-electron chi connectivity index (χ0n) is 5.59. The number of rotatable bonds is 2. The first-order chi connectivity index (χ1) is 4.88. The smallest absolute Gasteiger partial charge is 0.227 e. The summed E-state index contributed by atoms with van der Waals surface area (Å²) in [4.78, 5) is 0. The van der Waals surface area contributed by atoms with E-state index in [1.165, 1.54) is 6.20 Å². The van der Waals surface area contributed by atoms with Gasteiger partial charge in [0.1, 0.15) is 11.6 Å². The molecule has 0 amide bonds. The Kier molecular flexibility index (Phi) is 1.90. The van der Waals surface area contributed by atoms with Crippen molar-refractivity contribution < 1.29 is 4.74 Å². The van der Waals surface area contributed by atoms with Crippen LogP contribution in [0.15, 0.2) is 6.20 Å². The zero-order valence-corrected chi connectivity index (χ0v) is 5.59. The van der Waals surface area contributed by atoms with Crippen molar-refractivity contribution in [2.45, 2.75) is 6.92 Å². The average Bonchev–Trinajstić information content (AvgIpc) is 2.36. The number of hydrogen-bond donors (Lipinski definition) is 1. The maximum Gasteiger partial charge on any atom is 0.227 e. The maximum absolute atomic E-state index is 8.44. The predicted octanol–water partition coefficient (Wildman–Crippen LogP) is 0.680. The first-order valence-corrected chi connectivity index (χ1v) is 2.94. The van der Waals surface area contributed by atoms with Crippen LogP contribution in [0, 0.1) is 11.3 Å². The molecule has 0 unspecified atom stereocenters. The highest BCUT2D eigenvalue weighted by Gasteiger charge is 2.02. The Labute approximate surface area is 58.4 Å². The van der Waals surface area contributed by atoms with Crippen molar-refractivity contribution in [3.8, 4) is 11.9 Å². The fourth-order valence-corrected chi connectivity index (χ4v) is 0.608. The molecule has 1 N–H and O–H groups in total. The molecule has 0 atom stereocenters. The van der Waals surface area contributed by atoms with Gasteiger partial charge in [-0.3, -0.25) is 0 Å². The van der Waals surface area contributed by atoms with E-state index >= 15 is 0 Å². The van der Waals surface area contributed by atoms with Gasteiger partial charge in [0, 0.05) is 0 Å². The number of nitriles is 1. The topological polar surface area (TPSA) is 61.7 Å². The summed E-state index contributed by atoms with van der Waals surface area (Å²) in [6, 6.07) is 1.94. The van der Waals surface area contributed by atoms with Gasteiger partial charge >= 0.3 is 0 Å². The molecule has 1 aromatic rings. The SMILES string of the molecule is CCOc1[nH]ncc1C#N. The van der Waals surface area contributed by atoms with Gasteiger partial charge < -0.3 is 4.74 Å². The molecule has 1 rings (SSSR count). The van der Waals surface area contributed by atoms with Gasteiger partial charge in [0.15, 0.2) is 0 Å². The summed E-state index contributed by atoms with van der Waals surface area (Å²) in [7, 11) is 0. The highest BCUT2D eigenvalue weighted by atomic mass is 16.5. The van der Waals surface area contributed by atoms with Gasteiger partial charge in [-0.05, 0) is 6.92 Å². The van der Waals surface area contributed by atoms with Crippen LogP contribution in [0.3, 0.4) is 0 Å². The second-order valence-corrected chi connectivity index (χ2v) is 1.66. The Morgan fingerprint density at radius 2 is 2.70 bits per heavy atom. The summed E-state index contributed by atoms with van der Waals surface area (Å²) >= 11 is 0. The van der Waals surface area contributed by atoms with E-state index in [-0.39, 0.29) is 0 Å². The van der Waals surface area contributed by atoms with E-state index in [9.17, 15) is 0 Å². The lowest BCUT2D eigenvalue weighted by Crippen LogP contribution is -1.92.